The van der Waals surface area contributed by atoms with E-state index in [1.807, 2.05) is 65.6 Å². The summed E-state index contributed by atoms with van der Waals surface area (Å²) in [6, 6.07) is 23.4. The van der Waals surface area contributed by atoms with Crippen molar-refractivity contribution >= 4 is 23.2 Å². The Morgan fingerprint density at radius 1 is 0.848 bits per heavy atom. The number of hydrogen-bond donors (Lipinski definition) is 0. The van der Waals surface area contributed by atoms with Crippen LogP contribution in [0.5, 0.6) is 5.75 Å². The molecule has 2 aromatic carbocycles. The fourth-order valence-corrected chi connectivity index (χ4v) is 4.36. The van der Waals surface area contributed by atoms with E-state index in [0.717, 1.165) is 23.3 Å². The molecular formula is C27H32N2O3S. The minimum absolute atomic E-state index is 0.0498. The Bertz CT molecular complexity index is 1000. The van der Waals surface area contributed by atoms with Crippen LogP contribution in [0.25, 0.3) is 0 Å². The average molecular weight is 465 g/mol. The van der Waals surface area contributed by atoms with E-state index >= 15 is 0 Å². The Balaban J connectivity index is 1.69. The van der Waals surface area contributed by atoms with Gasteiger partial charge in [0.15, 0.2) is 6.61 Å². The molecule has 3 aromatic rings. The summed E-state index contributed by atoms with van der Waals surface area (Å²) in [7, 11) is 0. The van der Waals surface area contributed by atoms with Crippen LogP contribution in [0.4, 0.5) is 0 Å². The first-order valence-corrected chi connectivity index (χ1v) is 12.2. The van der Waals surface area contributed by atoms with Crippen molar-refractivity contribution < 1.29 is 14.3 Å². The first-order valence-electron chi connectivity index (χ1n) is 11.4. The number of unbranched alkanes of at least 4 members (excludes halogenated alkanes) is 1. The lowest BCUT2D eigenvalue weighted by Crippen LogP contribution is -2.44. The van der Waals surface area contributed by atoms with Gasteiger partial charge in [-0.1, -0.05) is 61.9 Å². The zero-order valence-corrected chi connectivity index (χ0v) is 20.2. The number of carbonyl (C=O) groups excluding carboxylic acids is 2. The molecule has 0 N–H and O–H groups in total. The third kappa shape index (κ3) is 8.06. The molecule has 0 aliphatic carbocycles. The summed E-state index contributed by atoms with van der Waals surface area (Å²) in [6.45, 7) is 5.69. The Morgan fingerprint density at radius 3 is 2.18 bits per heavy atom. The van der Waals surface area contributed by atoms with Crippen LogP contribution in [0.3, 0.4) is 0 Å². The molecule has 0 saturated heterocycles. The number of amides is 2. The smallest absolute Gasteiger partial charge is 0.260 e. The van der Waals surface area contributed by atoms with Crippen LogP contribution in [-0.2, 0) is 22.7 Å². The minimum atomic E-state index is -0.174. The topological polar surface area (TPSA) is 49.9 Å². The van der Waals surface area contributed by atoms with E-state index in [4.69, 9.17) is 4.74 Å². The lowest BCUT2D eigenvalue weighted by atomic mass is 10.2. The molecule has 5 nitrogen and oxygen atoms in total. The fourth-order valence-electron chi connectivity index (χ4n) is 3.45. The molecule has 0 atom stereocenters. The highest BCUT2D eigenvalue weighted by Gasteiger charge is 2.22. The van der Waals surface area contributed by atoms with Gasteiger partial charge in [-0.25, -0.2) is 0 Å². The van der Waals surface area contributed by atoms with E-state index in [1.165, 1.54) is 4.88 Å². The summed E-state index contributed by atoms with van der Waals surface area (Å²) in [4.78, 5) is 32.2. The number of aryl methyl sites for hydroxylation is 1. The molecule has 0 aliphatic heterocycles. The van der Waals surface area contributed by atoms with Gasteiger partial charge in [0.2, 0.25) is 5.91 Å². The zero-order valence-electron chi connectivity index (χ0n) is 19.4. The second-order valence-corrected chi connectivity index (χ2v) is 9.39. The Morgan fingerprint density at radius 2 is 1.55 bits per heavy atom. The van der Waals surface area contributed by atoms with Gasteiger partial charge in [0.05, 0.1) is 13.1 Å². The Hall–Kier alpha value is -3.12. The van der Waals surface area contributed by atoms with Gasteiger partial charge in [-0.05, 0) is 43.2 Å². The lowest BCUT2D eigenvalue weighted by Gasteiger charge is -2.27. The maximum atomic E-state index is 13.4. The van der Waals surface area contributed by atoms with E-state index < -0.39 is 0 Å². The predicted octanol–water partition coefficient (Wildman–Crippen LogP) is 5.29. The van der Waals surface area contributed by atoms with Crippen molar-refractivity contribution in [3.8, 4) is 5.75 Å². The van der Waals surface area contributed by atoms with Crippen LogP contribution >= 0.6 is 11.3 Å². The number of para-hydroxylation sites is 1. The van der Waals surface area contributed by atoms with Crippen molar-refractivity contribution in [1.29, 1.82) is 0 Å². The van der Waals surface area contributed by atoms with Crippen molar-refractivity contribution in [2.75, 3.05) is 19.7 Å². The van der Waals surface area contributed by atoms with E-state index in [-0.39, 0.29) is 25.0 Å². The molecule has 0 bridgehead atoms. The SMILES string of the molecule is CCCCN(CC(=O)N(Cc1ccccc1)Cc1ccc(C)s1)C(=O)COc1ccccc1. The quantitative estimate of drug-likeness (QED) is 0.366. The van der Waals surface area contributed by atoms with Gasteiger partial charge in [0, 0.05) is 22.8 Å². The van der Waals surface area contributed by atoms with Gasteiger partial charge in [-0.2, -0.15) is 0 Å². The van der Waals surface area contributed by atoms with Crippen LogP contribution in [0, 0.1) is 6.92 Å². The van der Waals surface area contributed by atoms with Gasteiger partial charge < -0.3 is 14.5 Å². The van der Waals surface area contributed by atoms with Crippen LogP contribution in [0.15, 0.2) is 72.8 Å². The summed E-state index contributed by atoms with van der Waals surface area (Å²) >= 11 is 1.69. The van der Waals surface area contributed by atoms with E-state index in [0.29, 0.717) is 25.4 Å². The lowest BCUT2D eigenvalue weighted by molar-refractivity contribution is -0.142. The molecular weight excluding hydrogens is 432 g/mol. The number of carbonyl (C=O) groups is 2. The van der Waals surface area contributed by atoms with Crippen LogP contribution in [-0.4, -0.2) is 41.3 Å². The van der Waals surface area contributed by atoms with Crippen LogP contribution in [0.2, 0.25) is 0 Å². The van der Waals surface area contributed by atoms with E-state index in [2.05, 4.69) is 26.0 Å². The number of ether oxygens (including phenoxy) is 1. The Labute approximate surface area is 200 Å². The zero-order chi connectivity index (χ0) is 23.5. The third-order valence-electron chi connectivity index (χ3n) is 5.28. The molecule has 0 radical (unpaired) electrons. The monoisotopic (exact) mass is 464 g/mol. The highest BCUT2D eigenvalue weighted by molar-refractivity contribution is 7.11. The molecule has 174 valence electrons. The van der Waals surface area contributed by atoms with Crippen molar-refractivity contribution in [1.82, 2.24) is 9.80 Å². The second kappa shape index (κ2) is 12.8. The van der Waals surface area contributed by atoms with E-state index in [1.54, 1.807) is 16.2 Å². The highest BCUT2D eigenvalue weighted by Crippen LogP contribution is 2.19. The molecule has 0 saturated carbocycles. The van der Waals surface area contributed by atoms with Gasteiger partial charge >= 0.3 is 0 Å². The van der Waals surface area contributed by atoms with Crippen molar-refractivity contribution in [3.05, 3.63) is 88.1 Å². The molecule has 3 rings (SSSR count). The van der Waals surface area contributed by atoms with Crippen LogP contribution < -0.4 is 4.74 Å². The fraction of sp³-hybridized carbons (Fsp3) is 0.333. The summed E-state index contributed by atoms with van der Waals surface area (Å²) < 4.78 is 5.65. The van der Waals surface area contributed by atoms with Gasteiger partial charge in [0.25, 0.3) is 5.91 Å². The standard InChI is InChI=1S/C27H32N2O3S/c1-3-4-17-28(27(31)21-32-24-13-9-6-10-14-24)20-26(30)29(18-23-11-7-5-8-12-23)19-25-16-15-22(2)33-25/h5-16H,3-4,17-21H2,1-2H3. The molecule has 33 heavy (non-hydrogen) atoms. The summed E-state index contributed by atoms with van der Waals surface area (Å²) in [5, 5.41) is 0. The first kappa shape index (κ1) is 24.5. The summed E-state index contributed by atoms with van der Waals surface area (Å²) in [5.74, 6) is 0.410. The molecule has 6 heteroatoms. The maximum Gasteiger partial charge on any atom is 0.260 e. The van der Waals surface area contributed by atoms with Crippen molar-refractivity contribution in [2.24, 2.45) is 0 Å². The normalized spacial score (nSPS) is 10.6. The number of hydrogen-bond acceptors (Lipinski definition) is 4. The second-order valence-electron chi connectivity index (χ2n) is 8.02. The number of benzene rings is 2. The number of rotatable bonds is 12. The first-order chi connectivity index (χ1) is 16.0. The van der Waals surface area contributed by atoms with Gasteiger partial charge in [-0.3, -0.25) is 9.59 Å². The Kier molecular flexibility index (Phi) is 9.51. The molecule has 2 amide bonds. The minimum Gasteiger partial charge on any atom is -0.484 e. The molecule has 1 heterocycles. The predicted molar refractivity (Wildman–Crippen MR) is 133 cm³/mol. The number of nitrogens with zero attached hydrogens (tertiary/aromatic N) is 2. The van der Waals surface area contributed by atoms with Crippen molar-refractivity contribution in [3.63, 3.8) is 0 Å². The van der Waals surface area contributed by atoms with E-state index in [9.17, 15) is 9.59 Å². The molecule has 1 aromatic heterocycles. The average Bonchev–Trinajstić information content (AvgIpc) is 3.25. The van der Waals surface area contributed by atoms with Crippen LogP contribution in [0.1, 0.15) is 35.1 Å². The largest absolute Gasteiger partial charge is 0.484 e. The van der Waals surface area contributed by atoms with Crippen molar-refractivity contribution in [2.45, 2.75) is 39.8 Å². The summed E-state index contributed by atoms with van der Waals surface area (Å²) in [5.41, 5.74) is 1.07. The highest BCUT2D eigenvalue weighted by atomic mass is 32.1. The number of thiophene rings is 1. The molecule has 0 unspecified atom stereocenters. The molecule has 0 aliphatic rings. The molecule has 0 fully saturated rings. The summed E-state index contributed by atoms with van der Waals surface area (Å²) in [6.07, 6.45) is 1.78. The van der Waals surface area contributed by atoms with Gasteiger partial charge in [0.1, 0.15) is 5.75 Å². The maximum absolute atomic E-state index is 13.4. The van der Waals surface area contributed by atoms with Gasteiger partial charge in [-0.15, -0.1) is 11.3 Å². The third-order valence-corrected chi connectivity index (χ3v) is 6.26. The molecule has 0 spiro atoms.